The van der Waals surface area contributed by atoms with Crippen LogP contribution in [-0.2, 0) is 27.5 Å². The molecule has 2 aromatic rings. The molecule has 0 bridgehead atoms. The number of aromatic nitrogens is 2. The second kappa shape index (κ2) is 5.28. The zero-order chi connectivity index (χ0) is 13.9. The largest absolute Gasteiger partial charge is 0.460 e. The van der Waals surface area contributed by atoms with E-state index in [1.165, 1.54) is 0 Å². The van der Waals surface area contributed by atoms with Crippen molar-refractivity contribution in [2.24, 2.45) is 0 Å². The molecular weight excluding hydrogens is 256 g/mol. The lowest BCUT2D eigenvalue weighted by molar-refractivity contribution is -0.150. The number of hydrogen-bond donors (Lipinski definition) is 0. The normalized spacial score (nSPS) is 17.6. The van der Waals surface area contributed by atoms with Gasteiger partial charge < -0.3 is 9.30 Å². The summed E-state index contributed by atoms with van der Waals surface area (Å²) in [5.41, 5.74) is 0.896. The van der Waals surface area contributed by atoms with E-state index in [1.807, 2.05) is 34.9 Å². The maximum absolute atomic E-state index is 12.1. The van der Waals surface area contributed by atoms with Crippen LogP contribution in [0.15, 0.2) is 42.7 Å². The van der Waals surface area contributed by atoms with Crippen molar-refractivity contribution in [3.63, 3.8) is 0 Å². The van der Waals surface area contributed by atoms with E-state index in [9.17, 15) is 9.59 Å². The number of ether oxygens (including phenoxy) is 1. The number of carbonyl (C=O) groups excluding carboxylic acids is 2. The molecule has 0 fully saturated rings. The first-order valence-electron chi connectivity index (χ1n) is 6.50. The summed E-state index contributed by atoms with van der Waals surface area (Å²) in [4.78, 5) is 28.2. The third kappa shape index (κ3) is 2.34. The number of nitrogens with zero attached hydrogens (tertiary/aromatic N) is 2. The van der Waals surface area contributed by atoms with Crippen molar-refractivity contribution in [2.75, 3.05) is 0 Å². The van der Waals surface area contributed by atoms with Gasteiger partial charge in [-0.15, -0.1) is 0 Å². The van der Waals surface area contributed by atoms with Crippen LogP contribution in [0.5, 0.6) is 0 Å². The fourth-order valence-electron chi connectivity index (χ4n) is 2.34. The van der Waals surface area contributed by atoms with Crippen LogP contribution in [0.4, 0.5) is 0 Å². The number of esters is 1. The SMILES string of the molecule is O=C1CCn2ccnc2C1C(=O)OCc1ccccc1. The van der Waals surface area contributed by atoms with Crippen molar-refractivity contribution in [3.8, 4) is 0 Å². The van der Waals surface area contributed by atoms with Crippen LogP contribution in [0.2, 0.25) is 0 Å². The molecule has 0 spiro atoms. The van der Waals surface area contributed by atoms with Gasteiger partial charge in [0.2, 0.25) is 0 Å². The zero-order valence-electron chi connectivity index (χ0n) is 10.9. The van der Waals surface area contributed by atoms with Gasteiger partial charge in [-0.05, 0) is 5.56 Å². The van der Waals surface area contributed by atoms with Gasteiger partial charge in [-0.25, -0.2) is 4.98 Å². The number of rotatable bonds is 3. The first kappa shape index (κ1) is 12.6. The summed E-state index contributed by atoms with van der Waals surface area (Å²) in [5.74, 6) is -1.05. The second-order valence-electron chi connectivity index (χ2n) is 4.72. The van der Waals surface area contributed by atoms with Gasteiger partial charge in [0.25, 0.3) is 0 Å². The van der Waals surface area contributed by atoms with Crippen LogP contribution in [0, 0.1) is 0 Å². The monoisotopic (exact) mass is 270 g/mol. The molecule has 0 amide bonds. The molecule has 1 aliphatic heterocycles. The summed E-state index contributed by atoms with van der Waals surface area (Å²) in [5, 5.41) is 0. The molecule has 1 aromatic heterocycles. The van der Waals surface area contributed by atoms with Gasteiger partial charge in [0.05, 0.1) is 0 Å². The van der Waals surface area contributed by atoms with E-state index in [0.717, 1.165) is 5.56 Å². The van der Waals surface area contributed by atoms with Crippen molar-refractivity contribution >= 4 is 11.8 Å². The fourth-order valence-corrected chi connectivity index (χ4v) is 2.34. The minimum Gasteiger partial charge on any atom is -0.460 e. The third-order valence-corrected chi connectivity index (χ3v) is 3.39. The molecule has 0 saturated heterocycles. The van der Waals surface area contributed by atoms with Gasteiger partial charge in [0.15, 0.2) is 11.7 Å². The number of hydrogen-bond acceptors (Lipinski definition) is 4. The smallest absolute Gasteiger partial charge is 0.324 e. The van der Waals surface area contributed by atoms with Crippen LogP contribution < -0.4 is 0 Å². The molecule has 0 N–H and O–H groups in total. The molecule has 1 aliphatic rings. The van der Waals surface area contributed by atoms with Crippen LogP contribution in [-0.4, -0.2) is 21.3 Å². The lowest BCUT2D eigenvalue weighted by atomic mass is 9.97. The van der Waals surface area contributed by atoms with E-state index in [2.05, 4.69) is 4.98 Å². The molecule has 102 valence electrons. The predicted molar refractivity (Wildman–Crippen MR) is 70.8 cm³/mol. The highest BCUT2D eigenvalue weighted by molar-refractivity contribution is 6.04. The maximum Gasteiger partial charge on any atom is 0.324 e. The number of Topliss-reactive ketones (excluding diaryl/α,β-unsaturated/α-hetero) is 1. The number of imidazole rings is 1. The summed E-state index contributed by atoms with van der Waals surface area (Å²) in [6.45, 7) is 0.751. The van der Waals surface area contributed by atoms with Gasteiger partial charge in [0.1, 0.15) is 12.4 Å². The Morgan fingerprint density at radius 3 is 2.95 bits per heavy atom. The number of carbonyl (C=O) groups is 2. The first-order valence-corrected chi connectivity index (χ1v) is 6.50. The Morgan fingerprint density at radius 1 is 1.35 bits per heavy atom. The van der Waals surface area contributed by atoms with E-state index >= 15 is 0 Å². The van der Waals surface area contributed by atoms with Crippen molar-refractivity contribution < 1.29 is 14.3 Å². The van der Waals surface area contributed by atoms with Crippen LogP contribution in [0.25, 0.3) is 0 Å². The van der Waals surface area contributed by atoms with Crippen LogP contribution in [0.3, 0.4) is 0 Å². The summed E-state index contributed by atoms with van der Waals surface area (Å²) in [6, 6.07) is 9.39. The Balaban J connectivity index is 1.73. The number of fused-ring (bicyclic) bond motifs is 1. The van der Waals surface area contributed by atoms with Gasteiger partial charge in [0, 0.05) is 25.4 Å². The lowest BCUT2D eigenvalue weighted by Gasteiger charge is -2.21. The van der Waals surface area contributed by atoms with E-state index in [0.29, 0.717) is 18.8 Å². The average molecular weight is 270 g/mol. The Kier molecular flexibility index (Phi) is 3.33. The minimum atomic E-state index is -0.887. The van der Waals surface area contributed by atoms with Gasteiger partial charge in [-0.2, -0.15) is 0 Å². The standard InChI is InChI=1S/C15H14N2O3/c18-12-6-8-17-9-7-16-14(17)13(12)15(19)20-10-11-4-2-1-3-5-11/h1-5,7,9,13H,6,8,10H2. The Bertz CT molecular complexity index is 634. The molecule has 5 nitrogen and oxygen atoms in total. The van der Waals surface area contributed by atoms with Crippen LogP contribution in [0.1, 0.15) is 23.7 Å². The Labute approximate surface area is 116 Å². The first-order chi connectivity index (χ1) is 9.75. The van der Waals surface area contributed by atoms with E-state index in [4.69, 9.17) is 4.74 Å². The van der Waals surface area contributed by atoms with Crippen molar-refractivity contribution in [1.29, 1.82) is 0 Å². The summed E-state index contributed by atoms with van der Waals surface area (Å²) in [6.07, 6.45) is 3.72. The van der Waals surface area contributed by atoms with Gasteiger partial charge in [-0.1, -0.05) is 30.3 Å². The topological polar surface area (TPSA) is 61.2 Å². The van der Waals surface area contributed by atoms with Gasteiger partial charge >= 0.3 is 5.97 Å². The highest BCUT2D eigenvalue weighted by Crippen LogP contribution is 2.24. The number of ketones is 1. The van der Waals surface area contributed by atoms with E-state index < -0.39 is 11.9 Å². The fraction of sp³-hybridized carbons (Fsp3) is 0.267. The average Bonchev–Trinajstić information content (AvgIpc) is 2.94. The molecule has 0 radical (unpaired) electrons. The summed E-state index contributed by atoms with van der Waals surface area (Å²) in [7, 11) is 0. The molecule has 1 aromatic carbocycles. The molecule has 0 saturated carbocycles. The molecule has 20 heavy (non-hydrogen) atoms. The predicted octanol–water partition coefficient (Wildman–Crippen LogP) is 1.68. The number of aryl methyl sites for hydroxylation is 1. The molecule has 5 heteroatoms. The second-order valence-corrected chi connectivity index (χ2v) is 4.72. The Morgan fingerprint density at radius 2 is 2.15 bits per heavy atom. The molecule has 1 unspecified atom stereocenters. The third-order valence-electron chi connectivity index (χ3n) is 3.39. The lowest BCUT2D eigenvalue weighted by Crippen LogP contribution is -2.31. The van der Waals surface area contributed by atoms with Crippen molar-refractivity contribution in [2.45, 2.75) is 25.5 Å². The minimum absolute atomic E-state index is 0.123. The van der Waals surface area contributed by atoms with E-state index in [1.54, 1.807) is 12.4 Å². The molecule has 3 rings (SSSR count). The quantitative estimate of drug-likeness (QED) is 0.629. The molecular formula is C15H14N2O3. The molecule has 0 aliphatic carbocycles. The van der Waals surface area contributed by atoms with Gasteiger partial charge in [-0.3, -0.25) is 9.59 Å². The highest BCUT2D eigenvalue weighted by Gasteiger charge is 2.36. The molecule has 1 atom stereocenters. The molecule has 2 heterocycles. The zero-order valence-corrected chi connectivity index (χ0v) is 10.9. The van der Waals surface area contributed by atoms with E-state index in [-0.39, 0.29) is 12.4 Å². The summed E-state index contributed by atoms with van der Waals surface area (Å²) >= 11 is 0. The Hall–Kier alpha value is -2.43. The maximum atomic E-state index is 12.1. The highest BCUT2D eigenvalue weighted by atomic mass is 16.5. The van der Waals surface area contributed by atoms with Crippen molar-refractivity contribution in [1.82, 2.24) is 9.55 Å². The van der Waals surface area contributed by atoms with Crippen LogP contribution >= 0.6 is 0 Å². The summed E-state index contributed by atoms with van der Waals surface area (Å²) < 4.78 is 7.08. The number of benzene rings is 1. The van der Waals surface area contributed by atoms with Crippen molar-refractivity contribution in [3.05, 3.63) is 54.1 Å².